The van der Waals surface area contributed by atoms with Gasteiger partial charge in [0.25, 0.3) is 5.91 Å². The van der Waals surface area contributed by atoms with E-state index >= 15 is 0 Å². The molecular formula is C25H19F2N7O. The summed E-state index contributed by atoms with van der Waals surface area (Å²) in [6.45, 7) is 0. The van der Waals surface area contributed by atoms with E-state index in [-0.39, 0.29) is 34.3 Å². The number of amidine groups is 2. The molecule has 0 saturated heterocycles. The van der Waals surface area contributed by atoms with Crippen molar-refractivity contribution < 1.29 is 13.6 Å². The van der Waals surface area contributed by atoms with Crippen LogP contribution in [-0.2, 0) is 0 Å². The maximum atomic E-state index is 14.6. The molecule has 1 amide bonds. The van der Waals surface area contributed by atoms with Gasteiger partial charge < -0.3 is 16.8 Å². The topological polar surface area (TPSA) is 132 Å². The van der Waals surface area contributed by atoms with Gasteiger partial charge in [-0.05, 0) is 54.6 Å². The number of nitrogens with zero attached hydrogens (tertiary/aromatic N) is 4. The highest BCUT2D eigenvalue weighted by Crippen LogP contribution is 2.24. The zero-order valence-electron chi connectivity index (χ0n) is 18.2. The van der Waals surface area contributed by atoms with Crippen LogP contribution in [0, 0.1) is 11.6 Å². The van der Waals surface area contributed by atoms with Crippen LogP contribution in [0.2, 0.25) is 0 Å². The predicted molar refractivity (Wildman–Crippen MR) is 130 cm³/mol. The summed E-state index contributed by atoms with van der Waals surface area (Å²) in [4.78, 5) is 28.8. The van der Waals surface area contributed by atoms with E-state index in [9.17, 15) is 13.6 Å². The van der Waals surface area contributed by atoms with Gasteiger partial charge in [-0.3, -0.25) is 14.8 Å². The number of anilines is 1. The summed E-state index contributed by atoms with van der Waals surface area (Å²) in [6.07, 6.45) is 3.10. The second-order valence-corrected chi connectivity index (χ2v) is 7.21. The molecule has 2 aromatic carbocycles. The third-order valence-corrected chi connectivity index (χ3v) is 4.76. The molecule has 0 aliphatic heterocycles. The number of carbonyl (C=O) groups excluding carboxylic acids is 1. The number of carbonyl (C=O) groups is 1. The van der Waals surface area contributed by atoms with Crippen LogP contribution in [0.4, 0.5) is 25.8 Å². The Labute approximate surface area is 199 Å². The number of amides is 1. The fraction of sp³-hybridized carbons (Fsp3) is 0. The second-order valence-electron chi connectivity index (χ2n) is 7.21. The van der Waals surface area contributed by atoms with Gasteiger partial charge in [-0.2, -0.15) is 0 Å². The third-order valence-electron chi connectivity index (χ3n) is 4.76. The fourth-order valence-corrected chi connectivity index (χ4v) is 3.02. The number of halogens is 2. The van der Waals surface area contributed by atoms with E-state index < -0.39 is 17.5 Å². The number of aliphatic imine (C=N–C) groups is 2. The van der Waals surface area contributed by atoms with Gasteiger partial charge in [-0.1, -0.05) is 12.1 Å². The number of pyridine rings is 2. The van der Waals surface area contributed by atoms with Crippen molar-refractivity contribution in [3.05, 3.63) is 114 Å². The van der Waals surface area contributed by atoms with Gasteiger partial charge >= 0.3 is 0 Å². The van der Waals surface area contributed by atoms with Crippen LogP contribution in [-0.4, -0.2) is 27.5 Å². The lowest BCUT2D eigenvalue weighted by Crippen LogP contribution is -2.15. The normalized spacial score (nSPS) is 11.8. The summed E-state index contributed by atoms with van der Waals surface area (Å²) >= 11 is 0. The SMILES string of the molecule is NC(=Nc1ccc(NC(=O)c2ccc(N=C(N)c3ccccn3)c(F)c2)c(F)c1)c1ccccn1. The zero-order chi connectivity index (χ0) is 24.8. The molecule has 2 heterocycles. The molecule has 0 aliphatic carbocycles. The molecule has 0 fully saturated rings. The molecule has 4 aromatic rings. The minimum absolute atomic E-state index is 0.0233. The quantitative estimate of drug-likeness (QED) is 0.288. The third kappa shape index (κ3) is 5.69. The van der Waals surface area contributed by atoms with Crippen molar-refractivity contribution in [2.24, 2.45) is 21.5 Å². The first-order chi connectivity index (χ1) is 16.9. The van der Waals surface area contributed by atoms with Crippen LogP contribution in [0.25, 0.3) is 0 Å². The first-order valence-electron chi connectivity index (χ1n) is 10.3. The zero-order valence-corrected chi connectivity index (χ0v) is 18.2. The largest absolute Gasteiger partial charge is 0.382 e. The molecule has 174 valence electrons. The van der Waals surface area contributed by atoms with E-state index in [4.69, 9.17) is 11.5 Å². The number of benzene rings is 2. The average molecular weight is 471 g/mol. The molecule has 35 heavy (non-hydrogen) atoms. The summed E-state index contributed by atoms with van der Waals surface area (Å²) in [7, 11) is 0. The van der Waals surface area contributed by atoms with Gasteiger partial charge in [0.2, 0.25) is 0 Å². The van der Waals surface area contributed by atoms with E-state index in [0.717, 1.165) is 12.1 Å². The molecule has 0 saturated carbocycles. The molecule has 5 N–H and O–H groups in total. The Morgan fingerprint density at radius 1 is 0.771 bits per heavy atom. The van der Waals surface area contributed by atoms with Crippen molar-refractivity contribution >= 4 is 34.6 Å². The summed E-state index contributed by atoms with van der Waals surface area (Å²) in [5.41, 5.74) is 12.6. The standard InChI is InChI=1S/C25H19F2N7O/c26-17-13-15(7-9-19(17)33-24(29)22-6-2-4-12-31-22)25(35)34-20-10-8-16(14-18(20)27)32-23(28)21-5-1-3-11-30-21/h1-14H,(H2,28,32)(H2,29,33)(H,34,35). The minimum atomic E-state index is -0.772. The number of nitrogens with one attached hydrogen (secondary N) is 1. The molecule has 8 nitrogen and oxygen atoms in total. The van der Waals surface area contributed by atoms with Crippen LogP contribution in [0.1, 0.15) is 21.7 Å². The number of hydrogen-bond acceptors (Lipinski definition) is 5. The minimum Gasteiger partial charge on any atom is -0.382 e. The Kier molecular flexibility index (Phi) is 6.82. The highest BCUT2D eigenvalue weighted by molar-refractivity contribution is 6.05. The molecule has 0 aliphatic rings. The van der Waals surface area contributed by atoms with Gasteiger partial charge in [0, 0.05) is 24.0 Å². The number of hydrogen-bond donors (Lipinski definition) is 3. The first-order valence-corrected chi connectivity index (χ1v) is 10.3. The van der Waals surface area contributed by atoms with Gasteiger partial charge in [0.05, 0.1) is 11.4 Å². The Morgan fingerprint density at radius 3 is 2.00 bits per heavy atom. The number of aromatic nitrogens is 2. The monoisotopic (exact) mass is 471 g/mol. The maximum absolute atomic E-state index is 14.6. The Bertz CT molecular complexity index is 1420. The number of nitrogens with two attached hydrogens (primary N) is 2. The van der Waals surface area contributed by atoms with E-state index in [0.29, 0.717) is 11.4 Å². The van der Waals surface area contributed by atoms with Crippen LogP contribution in [0.15, 0.2) is 95.2 Å². The Balaban J connectivity index is 1.48. The van der Waals surface area contributed by atoms with Crippen molar-refractivity contribution in [3.8, 4) is 0 Å². The van der Waals surface area contributed by atoms with Gasteiger partial charge in [-0.25, -0.2) is 18.8 Å². The maximum Gasteiger partial charge on any atom is 0.255 e. The molecule has 2 aromatic heterocycles. The molecule has 0 radical (unpaired) electrons. The van der Waals surface area contributed by atoms with Crippen molar-refractivity contribution in [1.29, 1.82) is 0 Å². The van der Waals surface area contributed by atoms with E-state index in [2.05, 4.69) is 25.3 Å². The van der Waals surface area contributed by atoms with E-state index in [1.165, 1.54) is 30.5 Å². The van der Waals surface area contributed by atoms with Crippen LogP contribution in [0.3, 0.4) is 0 Å². The second kappa shape index (κ2) is 10.3. The predicted octanol–water partition coefficient (Wildman–Crippen LogP) is 4.08. The van der Waals surface area contributed by atoms with Crippen molar-refractivity contribution in [3.63, 3.8) is 0 Å². The lowest BCUT2D eigenvalue weighted by molar-refractivity contribution is 0.102. The molecule has 0 atom stereocenters. The molecule has 10 heteroatoms. The van der Waals surface area contributed by atoms with E-state index in [1.807, 2.05) is 0 Å². The lowest BCUT2D eigenvalue weighted by Gasteiger charge is -2.08. The molecule has 4 rings (SSSR count). The van der Waals surface area contributed by atoms with E-state index in [1.54, 1.807) is 42.6 Å². The fourth-order valence-electron chi connectivity index (χ4n) is 3.02. The summed E-state index contributed by atoms with van der Waals surface area (Å²) < 4.78 is 29.1. The number of rotatable bonds is 6. The van der Waals surface area contributed by atoms with Gasteiger partial charge in [-0.15, -0.1) is 0 Å². The van der Waals surface area contributed by atoms with Gasteiger partial charge in [0.1, 0.15) is 40.4 Å². The van der Waals surface area contributed by atoms with Crippen LogP contribution in [0.5, 0.6) is 0 Å². The smallest absolute Gasteiger partial charge is 0.255 e. The van der Waals surface area contributed by atoms with Gasteiger partial charge in [0.15, 0.2) is 0 Å². The first kappa shape index (κ1) is 23.2. The molecule has 0 spiro atoms. The van der Waals surface area contributed by atoms with Crippen molar-refractivity contribution in [2.45, 2.75) is 0 Å². The van der Waals surface area contributed by atoms with Crippen LogP contribution < -0.4 is 16.8 Å². The highest BCUT2D eigenvalue weighted by Gasteiger charge is 2.13. The summed E-state index contributed by atoms with van der Waals surface area (Å²) in [6, 6.07) is 17.8. The average Bonchev–Trinajstić information content (AvgIpc) is 2.87. The lowest BCUT2D eigenvalue weighted by atomic mass is 10.1. The Hall–Kier alpha value is -4.99. The van der Waals surface area contributed by atoms with Crippen molar-refractivity contribution in [1.82, 2.24) is 9.97 Å². The molecule has 0 unspecified atom stereocenters. The molecule has 0 bridgehead atoms. The highest BCUT2D eigenvalue weighted by atomic mass is 19.1. The van der Waals surface area contributed by atoms with Crippen LogP contribution >= 0.6 is 0 Å². The van der Waals surface area contributed by atoms with Crippen molar-refractivity contribution in [2.75, 3.05) is 5.32 Å². The molecular weight excluding hydrogens is 452 g/mol. The Morgan fingerprint density at radius 2 is 1.43 bits per heavy atom. The summed E-state index contributed by atoms with van der Waals surface area (Å²) in [5.74, 6) is -2.08. The summed E-state index contributed by atoms with van der Waals surface area (Å²) in [5, 5.41) is 2.41.